The molecule has 7 heterocycles. The number of pyridine rings is 3. The molecule has 2 saturated heterocycles. The number of benzene rings is 1. The number of carbonyl (C=O) groups is 2. The zero-order valence-electron chi connectivity index (χ0n) is 31.6. The third kappa shape index (κ3) is 7.47. The molecule has 0 amide bonds. The molecule has 0 aliphatic carbocycles. The van der Waals surface area contributed by atoms with Crippen molar-refractivity contribution in [2.45, 2.75) is 32.2 Å². The molecule has 2 atom stereocenters. The third-order valence-electron chi connectivity index (χ3n) is 10.8. The van der Waals surface area contributed by atoms with Gasteiger partial charge in [0.15, 0.2) is 0 Å². The highest BCUT2D eigenvalue weighted by atomic mass is 16.5. The minimum Gasteiger partial charge on any atom is -0.491 e. The molecule has 55 heavy (non-hydrogen) atoms. The van der Waals surface area contributed by atoms with E-state index >= 15 is 0 Å². The van der Waals surface area contributed by atoms with E-state index < -0.39 is 0 Å². The van der Waals surface area contributed by atoms with Crippen molar-refractivity contribution in [2.75, 3.05) is 66.3 Å². The van der Waals surface area contributed by atoms with Crippen molar-refractivity contribution in [1.29, 1.82) is 0 Å². The number of hydrogen-bond acceptors (Lipinski definition) is 9. The first-order chi connectivity index (χ1) is 26.9. The van der Waals surface area contributed by atoms with Crippen LogP contribution in [0, 0.1) is 0 Å². The molecule has 6 aromatic rings. The van der Waals surface area contributed by atoms with Crippen LogP contribution in [0.3, 0.4) is 0 Å². The van der Waals surface area contributed by atoms with E-state index in [9.17, 15) is 9.59 Å². The van der Waals surface area contributed by atoms with Crippen molar-refractivity contribution in [2.24, 2.45) is 0 Å². The van der Waals surface area contributed by atoms with Crippen LogP contribution in [0.1, 0.15) is 64.1 Å². The van der Waals surface area contributed by atoms with E-state index in [1.165, 1.54) is 11.1 Å². The topological polar surface area (TPSA) is 99.2 Å². The predicted octanol–water partition coefficient (Wildman–Crippen LogP) is 7.15. The second-order valence-corrected chi connectivity index (χ2v) is 14.2. The molecule has 0 saturated carbocycles. The Balaban J connectivity index is 1.04. The van der Waals surface area contributed by atoms with Crippen LogP contribution in [-0.4, -0.2) is 102 Å². The average molecular weight is 742 g/mol. The SMILES string of the molecule is CCOC(=O)c1cc2ccccn2c1-c1cccc(C2CC(c3ccn4c(-c5ccc(OCCN6CCOCC6)cn5)c(C(=O)OCC)cc4c3)CN2C)c1. The van der Waals surface area contributed by atoms with Crippen molar-refractivity contribution in [3.63, 3.8) is 0 Å². The van der Waals surface area contributed by atoms with Gasteiger partial charge in [-0.2, -0.15) is 0 Å². The Morgan fingerprint density at radius 2 is 1.56 bits per heavy atom. The van der Waals surface area contributed by atoms with E-state index in [1.54, 1.807) is 6.20 Å². The Hall–Kier alpha value is -5.49. The Morgan fingerprint density at radius 1 is 0.800 bits per heavy atom. The lowest BCUT2D eigenvalue weighted by molar-refractivity contribution is 0.0322. The zero-order chi connectivity index (χ0) is 37.9. The van der Waals surface area contributed by atoms with Crippen molar-refractivity contribution in [1.82, 2.24) is 23.6 Å². The fourth-order valence-corrected chi connectivity index (χ4v) is 8.11. The van der Waals surface area contributed by atoms with Gasteiger partial charge in [-0.15, -0.1) is 0 Å². The van der Waals surface area contributed by atoms with Gasteiger partial charge in [-0.3, -0.25) is 14.8 Å². The number of aromatic nitrogens is 3. The highest BCUT2D eigenvalue weighted by molar-refractivity contribution is 5.99. The smallest absolute Gasteiger partial charge is 0.340 e. The number of ether oxygens (including phenoxy) is 4. The molecular weight excluding hydrogens is 695 g/mol. The van der Waals surface area contributed by atoms with Crippen molar-refractivity contribution in [3.8, 4) is 28.4 Å². The largest absolute Gasteiger partial charge is 0.491 e. The van der Waals surface area contributed by atoms with Gasteiger partial charge >= 0.3 is 11.9 Å². The van der Waals surface area contributed by atoms with Crippen LogP contribution in [0.5, 0.6) is 5.75 Å². The van der Waals surface area contributed by atoms with Gasteiger partial charge in [-0.1, -0.05) is 24.3 Å². The second kappa shape index (κ2) is 16.1. The van der Waals surface area contributed by atoms with E-state index in [0.29, 0.717) is 41.5 Å². The second-order valence-electron chi connectivity index (χ2n) is 14.2. The molecule has 5 aromatic heterocycles. The molecule has 2 unspecified atom stereocenters. The Bertz CT molecular complexity index is 2310. The molecule has 11 heteroatoms. The van der Waals surface area contributed by atoms with Crippen LogP contribution in [0.2, 0.25) is 0 Å². The number of likely N-dealkylation sites (N-methyl/N-ethyl adjacent to an activating group) is 1. The number of carbonyl (C=O) groups excluding carboxylic acids is 2. The Labute approximate surface area is 321 Å². The number of hydrogen-bond donors (Lipinski definition) is 0. The number of rotatable bonds is 12. The van der Waals surface area contributed by atoms with E-state index in [-0.39, 0.29) is 30.5 Å². The molecule has 0 bridgehead atoms. The summed E-state index contributed by atoms with van der Waals surface area (Å²) < 4.78 is 26.5. The van der Waals surface area contributed by atoms with Gasteiger partial charge in [-0.25, -0.2) is 9.59 Å². The monoisotopic (exact) mass is 741 g/mol. The lowest BCUT2D eigenvalue weighted by Gasteiger charge is -2.26. The lowest BCUT2D eigenvalue weighted by Crippen LogP contribution is -2.38. The molecule has 0 radical (unpaired) electrons. The van der Waals surface area contributed by atoms with Crippen molar-refractivity contribution >= 4 is 23.0 Å². The molecule has 1 aromatic carbocycles. The van der Waals surface area contributed by atoms with Crippen molar-refractivity contribution < 1.29 is 28.5 Å². The summed E-state index contributed by atoms with van der Waals surface area (Å²) in [7, 11) is 2.17. The van der Waals surface area contributed by atoms with Gasteiger partial charge in [-0.05, 0) is 105 Å². The highest BCUT2D eigenvalue weighted by Crippen LogP contribution is 2.42. The Morgan fingerprint density at radius 3 is 2.33 bits per heavy atom. The van der Waals surface area contributed by atoms with Crippen molar-refractivity contribution in [3.05, 3.63) is 120 Å². The van der Waals surface area contributed by atoms with E-state index in [1.807, 2.05) is 73.1 Å². The molecule has 2 aliphatic rings. The molecule has 284 valence electrons. The molecule has 8 rings (SSSR count). The minimum absolute atomic E-state index is 0.176. The summed E-state index contributed by atoms with van der Waals surface area (Å²) in [5.41, 5.74) is 8.44. The van der Waals surface area contributed by atoms with Crippen LogP contribution < -0.4 is 4.74 Å². The summed E-state index contributed by atoms with van der Waals surface area (Å²) >= 11 is 0. The van der Waals surface area contributed by atoms with Gasteiger partial charge in [0.05, 0.1) is 60.8 Å². The lowest BCUT2D eigenvalue weighted by atomic mass is 9.93. The minimum atomic E-state index is -0.377. The maximum Gasteiger partial charge on any atom is 0.340 e. The summed E-state index contributed by atoms with van der Waals surface area (Å²) in [4.78, 5) is 35.8. The number of nitrogens with zero attached hydrogens (tertiary/aromatic N) is 5. The average Bonchev–Trinajstić information content (AvgIpc) is 3.92. The first-order valence-electron chi connectivity index (χ1n) is 19.2. The predicted molar refractivity (Wildman–Crippen MR) is 211 cm³/mol. The van der Waals surface area contributed by atoms with Gasteiger partial charge in [0.1, 0.15) is 12.4 Å². The van der Waals surface area contributed by atoms with Crippen LogP contribution >= 0.6 is 0 Å². The van der Waals surface area contributed by atoms with E-state index in [2.05, 4.69) is 57.6 Å². The maximum absolute atomic E-state index is 13.3. The van der Waals surface area contributed by atoms with Crippen LogP contribution in [0.4, 0.5) is 0 Å². The molecule has 2 aliphatic heterocycles. The fraction of sp³-hybridized carbons (Fsp3) is 0.341. The molecule has 2 fully saturated rings. The van der Waals surface area contributed by atoms with E-state index in [4.69, 9.17) is 23.9 Å². The van der Waals surface area contributed by atoms with Gasteiger partial charge in [0.2, 0.25) is 0 Å². The zero-order valence-corrected chi connectivity index (χ0v) is 31.6. The van der Waals surface area contributed by atoms with Crippen LogP contribution in [-0.2, 0) is 14.2 Å². The van der Waals surface area contributed by atoms with Gasteiger partial charge in [0, 0.05) is 55.6 Å². The molecule has 0 spiro atoms. The molecule has 0 N–H and O–H groups in total. The number of morpholine rings is 1. The normalized spacial score (nSPS) is 17.9. The van der Waals surface area contributed by atoms with E-state index in [0.717, 1.165) is 68.1 Å². The van der Waals surface area contributed by atoms with Crippen LogP contribution in [0.15, 0.2) is 97.5 Å². The summed E-state index contributed by atoms with van der Waals surface area (Å²) in [6, 6.07) is 26.6. The highest BCUT2D eigenvalue weighted by Gasteiger charge is 2.33. The standard InChI is InChI=1S/C44H47N5O6/c1-4-53-43(50)37-26-34-11-6-7-15-48(34)41(37)32-10-8-9-31(23-32)40-25-33(29-46(40)3)30-14-16-49-35(24-30)27-38(44(51)54-5-2)42(49)39-13-12-36(28-45-39)55-22-19-47-17-20-52-21-18-47/h6-16,23-24,26-28,33,40H,4-5,17-22,25,29H2,1-3H3. The summed E-state index contributed by atoms with van der Waals surface area (Å²) in [5.74, 6) is 0.253. The summed E-state index contributed by atoms with van der Waals surface area (Å²) in [5, 5.41) is 0. The van der Waals surface area contributed by atoms with Crippen LogP contribution in [0.25, 0.3) is 33.7 Å². The molecular formula is C44H47N5O6. The Kier molecular flexibility index (Phi) is 10.7. The summed E-state index contributed by atoms with van der Waals surface area (Å²) in [6.45, 7) is 9.85. The van der Waals surface area contributed by atoms with Gasteiger partial charge < -0.3 is 27.7 Å². The number of esters is 2. The first kappa shape index (κ1) is 36.5. The summed E-state index contributed by atoms with van der Waals surface area (Å²) in [6.07, 6.45) is 6.67. The molecule has 11 nitrogen and oxygen atoms in total. The third-order valence-corrected chi connectivity index (χ3v) is 10.8. The fourth-order valence-electron chi connectivity index (χ4n) is 8.11. The quantitative estimate of drug-likeness (QED) is 0.121. The van der Waals surface area contributed by atoms with Gasteiger partial charge in [0.25, 0.3) is 0 Å². The maximum atomic E-state index is 13.3. The number of likely N-dealkylation sites (tertiary alicyclic amines) is 1. The first-order valence-corrected chi connectivity index (χ1v) is 19.2. The number of fused-ring (bicyclic) bond motifs is 2.